The summed E-state index contributed by atoms with van der Waals surface area (Å²) >= 11 is 0. The molecule has 0 heterocycles. The second kappa shape index (κ2) is 4.47. The molecule has 8 heteroatoms. The van der Waals surface area contributed by atoms with Gasteiger partial charge in [0.05, 0.1) is 6.26 Å². The molecule has 0 amide bonds. The Labute approximate surface area is 82.6 Å². The molecule has 0 aromatic rings. The number of halogens is 6. The first-order valence-electron chi connectivity index (χ1n) is 3.91. The first-order valence-corrected chi connectivity index (χ1v) is 7.91. The molecule has 0 rings (SSSR count). The second-order valence-electron chi connectivity index (χ2n) is 2.73. The van der Waals surface area contributed by atoms with Gasteiger partial charge in [-0.1, -0.05) is 6.92 Å². The normalized spacial score (nSPS) is 18.6. The molecule has 0 N–H and O–H groups in total. The minimum atomic E-state index is -10.7. The van der Waals surface area contributed by atoms with Crippen LogP contribution in [0.2, 0.25) is 0 Å². The van der Waals surface area contributed by atoms with Crippen LogP contribution in [0.4, 0.5) is 25.2 Å². The summed E-state index contributed by atoms with van der Waals surface area (Å²) in [5, 5.41) is 0. The van der Waals surface area contributed by atoms with Gasteiger partial charge < -0.3 is 0 Å². The fourth-order valence-corrected chi connectivity index (χ4v) is 1.48. The van der Waals surface area contributed by atoms with Crippen LogP contribution >= 0.6 is 7.81 Å². The van der Waals surface area contributed by atoms with Gasteiger partial charge in [-0.05, 0) is 24.2 Å². The van der Waals surface area contributed by atoms with E-state index in [1.807, 2.05) is 0 Å². The second-order valence-corrected chi connectivity index (χ2v) is 7.20. The van der Waals surface area contributed by atoms with Crippen molar-refractivity contribution in [3.8, 4) is 0 Å². The molecule has 0 spiro atoms. The molecule has 1 atom stereocenters. The van der Waals surface area contributed by atoms with Crippen LogP contribution in [-0.2, 0) is 10.9 Å². The summed E-state index contributed by atoms with van der Waals surface area (Å²) in [5.74, 6) is 2.80. The van der Waals surface area contributed by atoms with Gasteiger partial charge in [-0.3, -0.25) is 0 Å². The van der Waals surface area contributed by atoms with Crippen molar-refractivity contribution in [2.24, 2.45) is 0 Å². The van der Waals surface area contributed by atoms with E-state index < -0.39 is 7.81 Å². The molecule has 0 aromatic heterocycles. The summed E-state index contributed by atoms with van der Waals surface area (Å²) in [5.41, 5.74) is 0. The minimum absolute atomic E-state index is 0.723. The summed E-state index contributed by atoms with van der Waals surface area (Å²) < 4.78 is 59.2. The van der Waals surface area contributed by atoms with Crippen LogP contribution in [0.5, 0.6) is 0 Å². The Hall–Kier alpha value is 0.360. The average Bonchev–Trinajstić information content (AvgIpc) is 1.81. The van der Waals surface area contributed by atoms with Crippen LogP contribution in [0.15, 0.2) is 0 Å². The Bertz CT molecular complexity index is 148. The molecule has 0 fully saturated rings. The molecule has 0 bridgehead atoms. The van der Waals surface area contributed by atoms with Crippen molar-refractivity contribution in [3.05, 3.63) is 0 Å². The van der Waals surface area contributed by atoms with Gasteiger partial charge in [-0.2, -0.15) is 0 Å². The quantitative estimate of drug-likeness (QED) is 0.380. The third kappa shape index (κ3) is 55.5. The molecule has 0 radical (unpaired) electrons. The molecule has 0 aliphatic rings. The fraction of sp³-hybridized carbons (Fsp3) is 1.00. The van der Waals surface area contributed by atoms with Gasteiger partial charge in [0.15, 0.2) is 0 Å². The van der Waals surface area contributed by atoms with Crippen molar-refractivity contribution in [1.29, 1.82) is 0 Å². The SMILES string of the molecule is CCC[S+](C)CC.F[P-](F)(F)(F)(F)F. The number of hydrogen-bond acceptors (Lipinski definition) is 0. The first kappa shape index (κ1) is 16.8. The van der Waals surface area contributed by atoms with E-state index in [-0.39, 0.29) is 0 Å². The van der Waals surface area contributed by atoms with Crippen LogP contribution < -0.4 is 0 Å². The maximum absolute atomic E-state index is 10.7. The van der Waals surface area contributed by atoms with E-state index >= 15 is 0 Å². The Morgan fingerprint density at radius 3 is 1.29 bits per heavy atom. The Morgan fingerprint density at radius 2 is 1.21 bits per heavy atom. The number of hydrogen-bond donors (Lipinski definition) is 0. The van der Waals surface area contributed by atoms with E-state index in [9.17, 15) is 25.2 Å². The van der Waals surface area contributed by atoms with Gasteiger partial charge in [0, 0.05) is 0 Å². The van der Waals surface area contributed by atoms with Gasteiger partial charge in [0.2, 0.25) is 0 Å². The predicted octanol–water partition coefficient (Wildman–Crippen LogP) is 5.05. The molecule has 1 unspecified atom stereocenters. The van der Waals surface area contributed by atoms with Crippen LogP contribution in [0, 0.1) is 0 Å². The van der Waals surface area contributed by atoms with Crippen molar-refractivity contribution in [3.63, 3.8) is 0 Å². The van der Waals surface area contributed by atoms with E-state index in [1.165, 1.54) is 17.9 Å². The molecule has 92 valence electrons. The van der Waals surface area contributed by atoms with Gasteiger partial charge >= 0.3 is 33.0 Å². The monoisotopic (exact) mass is 264 g/mol. The maximum atomic E-state index is 9.87. The zero-order valence-corrected chi connectivity index (χ0v) is 9.96. The molecule has 14 heavy (non-hydrogen) atoms. The van der Waals surface area contributed by atoms with Crippen molar-refractivity contribution >= 4 is 18.7 Å². The van der Waals surface area contributed by atoms with Crippen LogP contribution in [0.1, 0.15) is 20.3 Å². The summed E-state index contributed by atoms with van der Waals surface area (Å²) in [7, 11) is -9.93. The van der Waals surface area contributed by atoms with Crippen LogP contribution in [-0.4, -0.2) is 17.8 Å². The van der Waals surface area contributed by atoms with Crippen molar-refractivity contribution < 1.29 is 25.2 Å². The van der Waals surface area contributed by atoms with E-state index in [0.717, 1.165) is 10.9 Å². The summed E-state index contributed by atoms with van der Waals surface area (Å²) in [6.07, 6.45) is 3.69. The molecular formula is C6H15F6PS. The molecule has 0 aromatic carbocycles. The topological polar surface area (TPSA) is 0 Å². The average molecular weight is 264 g/mol. The summed E-state index contributed by atoms with van der Waals surface area (Å²) in [6.45, 7) is 4.51. The number of rotatable bonds is 3. The zero-order chi connectivity index (χ0) is 12.1. The van der Waals surface area contributed by atoms with Crippen LogP contribution in [0.3, 0.4) is 0 Å². The Morgan fingerprint density at radius 1 is 0.929 bits per heavy atom. The molecular weight excluding hydrogens is 249 g/mol. The standard InChI is InChI=1S/C6H15S.F6P/c1-4-6-7(3)5-2;1-7(2,3,4,5)6/h4-6H2,1-3H3;/q+1;-1. The molecule has 0 aliphatic carbocycles. The van der Waals surface area contributed by atoms with E-state index in [4.69, 9.17) is 0 Å². The third-order valence-electron chi connectivity index (χ3n) is 1.05. The van der Waals surface area contributed by atoms with E-state index in [1.54, 1.807) is 0 Å². The Kier molecular flexibility index (Phi) is 5.36. The van der Waals surface area contributed by atoms with Crippen LogP contribution in [0.25, 0.3) is 0 Å². The van der Waals surface area contributed by atoms with Crippen molar-refractivity contribution in [1.82, 2.24) is 0 Å². The molecule has 0 saturated carbocycles. The van der Waals surface area contributed by atoms with Gasteiger partial charge in [0.1, 0.15) is 11.5 Å². The molecule has 0 nitrogen and oxygen atoms in total. The van der Waals surface area contributed by atoms with Gasteiger partial charge in [0.25, 0.3) is 0 Å². The van der Waals surface area contributed by atoms with Gasteiger partial charge in [-0.25, -0.2) is 0 Å². The first-order chi connectivity index (χ1) is 5.76. The molecule has 0 saturated heterocycles. The van der Waals surface area contributed by atoms with Crippen molar-refractivity contribution in [2.75, 3.05) is 17.8 Å². The van der Waals surface area contributed by atoms with E-state index in [0.29, 0.717) is 0 Å². The predicted molar refractivity (Wildman–Crippen MR) is 52.6 cm³/mol. The molecule has 0 aliphatic heterocycles. The summed E-state index contributed by atoms with van der Waals surface area (Å²) in [6, 6.07) is 0. The van der Waals surface area contributed by atoms with Crippen molar-refractivity contribution in [2.45, 2.75) is 20.3 Å². The summed E-state index contributed by atoms with van der Waals surface area (Å²) in [4.78, 5) is 0. The van der Waals surface area contributed by atoms with E-state index in [2.05, 4.69) is 20.1 Å². The van der Waals surface area contributed by atoms with Gasteiger partial charge in [-0.15, -0.1) is 0 Å². The zero-order valence-electron chi connectivity index (χ0n) is 8.24. The third-order valence-corrected chi connectivity index (χ3v) is 3.14. The Balaban J connectivity index is 0. The fourth-order valence-electron chi connectivity index (χ4n) is 0.493.